The van der Waals surface area contributed by atoms with E-state index in [9.17, 15) is 0 Å². The van der Waals surface area contributed by atoms with Crippen LogP contribution in [-0.2, 0) is 5.41 Å². The molecule has 56 heavy (non-hydrogen) atoms. The lowest BCUT2D eigenvalue weighted by atomic mass is 9.67. The summed E-state index contributed by atoms with van der Waals surface area (Å²) >= 11 is 0. The van der Waals surface area contributed by atoms with Crippen molar-refractivity contribution in [1.82, 2.24) is 19.5 Å². The number of benzene rings is 8. The molecule has 0 aliphatic heterocycles. The molecule has 0 amide bonds. The lowest BCUT2D eigenvalue weighted by molar-refractivity contribution is 0.769. The number of aromatic nitrogens is 4. The van der Waals surface area contributed by atoms with Gasteiger partial charge in [0.05, 0.1) is 16.4 Å². The maximum atomic E-state index is 5.33. The van der Waals surface area contributed by atoms with Crippen LogP contribution >= 0.6 is 0 Å². The molecular weight excluding hydrogens is 681 g/mol. The SMILES string of the molecule is c1ccc(-c2cccc(-c3nc(-c4ccccc4)nc(-n4c5ccccc5c5cc6c(cc54)C(c4ccccc4)(c4ccccc4)c4ccccc4-6)n3)c2)cc1. The van der Waals surface area contributed by atoms with Crippen LogP contribution in [0.1, 0.15) is 22.3 Å². The molecule has 0 saturated heterocycles. The van der Waals surface area contributed by atoms with Gasteiger partial charge in [0.1, 0.15) is 0 Å². The van der Waals surface area contributed by atoms with Crippen LogP contribution in [0, 0.1) is 0 Å². The predicted molar refractivity (Wildman–Crippen MR) is 228 cm³/mol. The molecule has 11 rings (SSSR count). The van der Waals surface area contributed by atoms with Gasteiger partial charge in [-0.3, -0.25) is 4.57 Å². The summed E-state index contributed by atoms with van der Waals surface area (Å²) in [6, 6.07) is 73.4. The van der Waals surface area contributed by atoms with Gasteiger partial charge < -0.3 is 0 Å². The molecule has 0 fully saturated rings. The van der Waals surface area contributed by atoms with E-state index < -0.39 is 5.41 Å². The van der Waals surface area contributed by atoms with E-state index in [4.69, 9.17) is 15.0 Å². The summed E-state index contributed by atoms with van der Waals surface area (Å²) in [7, 11) is 0. The summed E-state index contributed by atoms with van der Waals surface area (Å²) in [4.78, 5) is 15.7. The highest BCUT2D eigenvalue weighted by Crippen LogP contribution is 2.57. The number of rotatable bonds is 6. The van der Waals surface area contributed by atoms with Crippen LogP contribution in [0.4, 0.5) is 0 Å². The molecule has 0 saturated carbocycles. The molecule has 10 aromatic rings. The van der Waals surface area contributed by atoms with Crippen LogP contribution < -0.4 is 0 Å². The van der Waals surface area contributed by atoms with Gasteiger partial charge in [-0.2, -0.15) is 9.97 Å². The zero-order valence-electron chi connectivity index (χ0n) is 30.4. The summed E-state index contributed by atoms with van der Waals surface area (Å²) in [5.41, 5.74) is 13.1. The van der Waals surface area contributed by atoms with E-state index in [1.54, 1.807) is 0 Å². The number of hydrogen-bond donors (Lipinski definition) is 0. The Morgan fingerprint density at radius 2 is 0.893 bits per heavy atom. The third kappa shape index (κ3) is 4.89. The fraction of sp³-hybridized carbons (Fsp3) is 0.0192. The molecule has 8 aromatic carbocycles. The molecule has 0 radical (unpaired) electrons. The summed E-state index contributed by atoms with van der Waals surface area (Å²) in [6.07, 6.45) is 0. The second-order valence-corrected chi connectivity index (χ2v) is 14.4. The molecule has 0 bridgehead atoms. The fourth-order valence-corrected chi connectivity index (χ4v) is 8.90. The zero-order chi connectivity index (χ0) is 37.1. The first kappa shape index (κ1) is 32.0. The van der Waals surface area contributed by atoms with E-state index in [1.807, 2.05) is 24.3 Å². The van der Waals surface area contributed by atoms with Crippen LogP contribution in [0.5, 0.6) is 0 Å². The lowest BCUT2D eigenvalue weighted by Gasteiger charge is -2.34. The Labute approximate surface area is 325 Å². The van der Waals surface area contributed by atoms with Crippen LogP contribution in [0.2, 0.25) is 0 Å². The smallest absolute Gasteiger partial charge is 0.238 e. The minimum atomic E-state index is -0.540. The van der Waals surface area contributed by atoms with E-state index in [1.165, 1.54) is 33.4 Å². The van der Waals surface area contributed by atoms with Crippen molar-refractivity contribution >= 4 is 21.8 Å². The molecule has 0 unspecified atom stereocenters. The van der Waals surface area contributed by atoms with Crippen LogP contribution in [0.3, 0.4) is 0 Å². The topological polar surface area (TPSA) is 43.6 Å². The minimum absolute atomic E-state index is 0.540. The van der Waals surface area contributed by atoms with Crippen molar-refractivity contribution < 1.29 is 0 Å². The normalized spacial score (nSPS) is 12.8. The van der Waals surface area contributed by atoms with Gasteiger partial charge in [-0.25, -0.2) is 4.98 Å². The second kappa shape index (κ2) is 12.9. The summed E-state index contributed by atoms with van der Waals surface area (Å²) < 4.78 is 2.24. The molecule has 0 atom stereocenters. The molecule has 0 spiro atoms. The van der Waals surface area contributed by atoms with Crippen molar-refractivity contribution in [2.45, 2.75) is 5.41 Å². The second-order valence-electron chi connectivity index (χ2n) is 14.4. The van der Waals surface area contributed by atoms with Crippen molar-refractivity contribution in [3.8, 4) is 51.0 Å². The Kier molecular flexibility index (Phi) is 7.36. The first-order valence-electron chi connectivity index (χ1n) is 19.0. The number of para-hydroxylation sites is 1. The Bertz CT molecular complexity index is 3020. The molecule has 1 aliphatic rings. The van der Waals surface area contributed by atoms with Crippen molar-refractivity contribution in [3.63, 3.8) is 0 Å². The van der Waals surface area contributed by atoms with Crippen LogP contribution in [-0.4, -0.2) is 19.5 Å². The first-order chi connectivity index (χ1) is 27.8. The van der Waals surface area contributed by atoms with E-state index in [-0.39, 0.29) is 0 Å². The minimum Gasteiger partial charge on any atom is -0.278 e. The molecule has 4 nitrogen and oxygen atoms in total. The van der Waals surface area contributed by atoms with Gasteiger partial charge >= 0.3 is 0 Å². The average Bonchev–Trinajstić information content (AvgIpc) is 3.76. The highest BCUT2D eigenvalue weighted by molar-refractivity contribution is 6.12. The van der Waals surface area contributed by atoms with Gasteiger partial charge in [0.25, 0.3) is 0 Å². The van der Waals surface area contributed by atoms with Gasteiger partial charge in [0, 0.05) is 21.9 Å². The Balaban J connectivity index is 1.22. The van der Waals surface area contributed by atoms with Gasteiger partial charge in [-0.1, -0.05) is 182 Å². The van der Waals surface area contributed by atoms with Crippen molar-refractivity contribution in [3.05, 3.63) is 229 Å². The van der Waals surface area contributed by atoms with Crippen LogP contribution in [0.25, 0.3) is 72.8 Å². The number of hydrogen-bond acceptors (Lipinski definition) is 3. The third-order valence-electron chi connectivity index (χ3n) is 11.3. The largest absolute Gasteiger partial charge is 0.278 e. The predicted octanol–water partition coefficient (Wildman–Crippen LogP) is 12.3. The summed E-state index contributed by atoms with van der Waals surface area (Å²) in [6.45, 7) is 0. The van der Waals surface area contributed by atoms with Gasteiger partial charge in [0.2, 0.25) is 5.95 Å². The Hall–Kier alpha value is -7.43. The monoisotopic (exact) mass is 714 g/mol. The average molecular weight is 715 g/mol. The number of nitrogens with zero attached hydrogens (tertiary/aromatic N) is 4. The van der Waals surface area contributed by atoms with E-state index in [0.717, 1.165) is 44.1 Å². The van der Waals surface area contributed by atoms with Gasteiger partial charge in [0.15, 0.2) is 11.6 Å². The highest BCUT2D eigenvalue weighted by atomic mass is 15.2. The zero-order valence-corrected chi connectivity index (χ0v) is 30.4. The van der Waals surface area contributed by atoms with Crippen LogP contribution in [0.15, 0.2) is 206 Å². The van der Waals surface area contributed by atoms with Crippen molar-refractivity contribution in [2.24, 2.45) is 0 Å². The Morgan fingerprint density at radius 3 is 1.61 bits per heavy atom. The maximum absolute atomic E-state index is 5.33. The Morgan fingerprint density at radius 1 is 0.339 bits per heavy atom. The van der Waals surface area contributed by atoms with E-state index in [2.05, 4.69) is 187 Å². The summed E-state index contributed by atoms with van der Waals surface area (Å²) in [5.74, 6) is 1.82. The maximum Gasteiger partial charge on any atom is 0.238 e. The van der Waals surface area contributed by atoms with Crippen molar-refractivity contribution in [1.29, 1.82) is 0 Å². The van der Waals surface area contributed by atoms with Crippen molar-refractivity contribution in [2.75, 3.05) is 0 Å². The highest BCUT2D eigenvalue weighted by Gasteiger charge is 2.46. The molecular formula is C52H34N4. The van der Waals surface area contributed by atoms with E-state index in [0.29, 0.717) is 17.6 Å². The van der Waals surface area contributed by atoms with E-state index >= 15 is 0 Å². The quantitative estimate of drug-likeness (QED) is 0.172. The summed E-state index contributed by atoms with van der Waals surface area (Å²) in [5, 5.41) is 2.30. The molecule has 262 valence electrons. The molecule has 4 heteroatoms. The van der Waals surface area contributed by atoms with Gasteiger partial charge in [-0.15, -0.1) is 0 Å². The molecule has 1 aliphatic carbocycles. The standard InChI is InChI=1S/C52H34N4/c1-5-18-35(19-6-1)37-22-17-23-38(32-37)50-53-49(36-20-7-2-8-21-36)54-51(55-50)56-47-31-16-14-29-42(47)44-33-43-41-28-13-15-30-45(41)52(46(43)34-48(44)56,39-24-9-3-10-25-39)40-26-11-4-12-27-40/h1-34H. The molecule has 2 aromatic heterocycles. The molecule has 2 heterocycles. The van der Waals surface area contributed by atoms with Gasteiger partial charge in [-0.05, 0) is 68.8 Å². The molecule has 0 N–H and O–H groups in total. The fourth-order valence-electron chi connectivity index (χ4n) is 8.90. The third-order valence-corrected chi connectivity index (χ3v) is 11.3. The lowest BCUT2D eigenvalue weighted by Crippen LogP contribution is -2.28. The number of fused-ring (bicyclic) bond motifs is 6. The first-order valence-corrected chi connectivity index (χ1v) is 19.0.